The van der Waals surface area contributed by atoms with E-state index in [-0.39, 0.29) is 35.7 Å². The fraction of sp³-hybridized carbons (Fsp3) is 0.778. The quantitative estimate of drug-likeness (QED) is 0.660. The van der Waals surface area contributed by atoms with Crippen LogP contribution in [0.1, 0.15) is 13.8 Å². The average Bonchev–Trinajstić information content (AvgIpc) is 2.10. The molecule has 0 aromatic rings. The number of carbonyl (C=O) groups excluding carboxylic acids is 2. The SMILES string of the molecule is CC1(C)SCC1N1CC(=O)NCC1=O. The summed E-state index contributed by atoms with van der Waals surface area (Å²) >= 11 is 1.84. The van der Waals surface area contributed by atoms with Crippen molar-refractivity contribution in [1.82, 2.24) is 10.2 Å². The predicted octanol–water partition coefficient (Wildman–Crippen LogP) is -0.161. The van der Waals surface area contributed by atoms with Crippen molar-refractivity contribution in [3.63, 3.8) is 0 Å². The molecule has 0 spiro atoms. The summed E-state index contributed by atoms with van der Waals surface area (Å²) in [4.78, 5) is 24.4. The summed E-state index contributed by atoms with van der Waals surface area (Å²) in [6.07, 6.45) is 0. The van der Waals surface area contributed by atoms with E-state index in [2.05, 4.69) is 19.2 Å². The van der Waals surface area contributed by atoms with Crippen LogP contribution in [0.3, 0.4) is 0 Å². The molecule has 0 aromatic heterocycles. The van der Waals surface area contributed by atoms with Crippen molar-refractivity contribution in [2.24, 2.45) is 0 Å². The van der Waals surface area contributed by atoms with Crippen LogP contribution in [0.2, 0.25) is 0 Å². The number of thioether (sulfide) groups is 1. The molecule has 1 N–H and O–H groups in total. The van der Waals surface area contributed by atoms with Crippen molar-refractivity contribution in [2.45, 2.75) is 24.6 Å². The summed E-state index contributed by atoms with van der Waals surface area (Å²) in [5, 5.41) is 2.56. The van der Waals surface area contributed by atoms with E-state index in [1.165, 1.54) is 0 Å². The molecule has 2 saturated heterocycles. The molecule has 0 aliphatic carbocycles. The Morgan fingerprint density at radius 3 is 2.71 bits per heavy atom. The third-order valence-corrected chi connectivity index (χ3v) is 4.36. The van der Waals surface area contributed by atoms with Crippen molar-refractivity contribution in [1.29, 1.82) is 0 Å². The van der Waals surface area contributed by atoms with Gasteiger partial charge < -0.3 is 10.2 Å². The first-order valence-corrected chi connectivity index (χ1v) is 5.69. The van der Waals surface area contributed by atoms with Gasteiger partial charge in [0.25, 0.3) is 0 Å². The van der Waals surface area contributed by atoms with Crippen molar-refractivity contribution >= 4 is 23.6 Å². The van der Waals surface area contributed by atoms with E-state index < -0.39 is 0 Å². The number of nitrogens with one attached hydrogen (secondary N) is 1. The van der Waals surface area contributed by atoms with Crippen LogP contribution in [-0.4, -0.2) is 46.3 Å². The lowest BCUT2D eigenvalue weighted by Crippen LogP contribution is -2.64. The van der Waals surface area contributed by atoms with E-state index in [9.17, 15) is 9.59 Å². The molecule has 2 fully saturated rings. The van der Waals surface area contributed by atoms with Gasteiger partial charge in [0.1, 0.15) is 0 Å². The van der Waals surface area contributed by atoms with E-state index in [1.54, 1.807) is 4.90 Å². The zero-order chi connectivity index (χ0) is 10.3. The smallest absolute Gasteiger partial charge is 0.242 e. The highest BCUT2D eigenvalue weighted by Crippen LogP contribution is 2.43. The Kier molecular flexibility index (Phi) is 2.21. The second kappa shape index (κ2) is 3.15. The standard InChI is InChI=1S/C9H14N2O2S/c1-9(2)6(5-14-9)11-4-7(12)10-3-8(11)13/h6H,3-5H2,1-2H3,(H,10,12). The first-order chi connectivity index (χ1) is 6.50. The molecule has 2 amide bonds. The minimum atomic E-state index is -0.0442. The fourth-order valence-electron chi connectivity index (χ4n) is 1.82. The molecule has 0 radical (unpaired) electrons. The average molecular weight is 214 g/mol. The van der Waals surface area contributed by atoms with Gasteiger partial charge in [0.2, 0.25) is 11.8 Å². The Morgan fingerprint density at radius 1 is 1.50 bits per heavy atom. The number of amides is 2. The molecule has 78 valence electrons. The van der Waals surface area contributed by atoms with Crippen LogP contribution in [0.15, 0.2) is 0 Å². The van der Waals surface area contributed by atoms with E-state index >= 15 is 0 Å². The van der Waals surface area contributed by atoms with Crippen LogP contribution in [0.25, 0.3) is 0 Å². The Labute approximate surface area is 87.4 Å². The summed E-state index contributed by atoms with van der Waals surface area (Å²) in [5.41, 5.74) is 0. The summed E-state index contributed by atoms with van der Waals surface area (Å²) < 4.78 is 0.104. The Bertz CT molecular complexity index is 291. The largest absolute Gasteiger partial charge is 0.345 e. The normalized spacial score (nSPS) is 31.0. The van der Waals surface area contributed by atoms with Gasteiger partial charge in [-0.05, 0) is 13.8 Å². The molecule has 0 bridgehead atoms. The van der Waals surface area contributed by atoms with Crippen LogP contribution < -0.4 is 5.32 Å². The maximum Gasteiger partial charge on any atom is 0.242 e. The summed E-state index contributed by atoms with van der Waals surface area (Å²) in [6.45, 7) is 4.63. The van der Waals surface area contributed by atoms with Crippen LogP contribution >= 0.6 is 11.8 Å². The van der Waals surface area contributed by atoms with Gasteiger partial charge in [0, 0.05) is 10.5 Å². The Hall–Kier alpha value is -0.710. The van der Waals surface area contributed by atoms with Gasteiger partial charge in [-0.3, -0.25) is 9.59 Å². The van der Waals surface area contributed by atoms with Crippen molar-refractivity contribution in [2.75, 3.05) is 18.8 Å². The Morgan fingerprint density at radius 2 is 2.21 bits per heavy atom. The minimum absolute atomic E-state index is 0.0442. The molecule has 2 heterocycles. The molecule has 2 rings (SSSR count). The zero-order valence-electron chi connectivity index (χ0n) is 8.37. The number of hydrogen-bond acceptors (Lipinski definition) is 3. The first kappa shape index (κ1) is 9.83. The van der Waals surface area contributed by atoms with E-state index in [0.29, 0.717) is 0 Å². The van der Waals surface area contributed by atoms with Crippen LogP contribution in [-0.2, 0) is 9.59 Å². The summed E-state index contributed by atoms with van der Waals surface area (Å²) in [6, 6.07) is 0.228. The van der Waals surface area contributed by atoms with Gasteiger partial charge in [0.05, 0.1) is 19.1 Å². The van der Waals surface area contributed by atoms with E-state index in [0.717, 1.165) is 5.75 Å². The maximum atomic E-state index is 11.6. The number of hydrogen-bond donors (Lipinski definition) is 1. The minimum Gasteiger partial charge on any atom is -0.345 e. The van der Waals surface area contributed by atoms with Crippen LogP contribution in [0.4, 0.5) is 0 Å². The molecular formula is C9H14N2O2S. The molecule has 2 aliphatic rings. The molecule has 1 unspecified atom stereocenters. The number of rotatable bonds is 1. The number of piperazine rings is 1. The zero-order valence-corrected chi connectivity index (χ0v) is 9.19. The predicted molar refractivity (Wildman–Crippen MR) is 55.0 cm³/mol. The fourth-order valence-corrected chi connectivity index (χ4v) is 3.10. The van der Waals surface area contributed by atoms with Crippen molar-refractivity contribution < 1.29 is 9.59 Å². The van der Waals surface area contributed by atoms with E-state index in [1.807, 2.05) is 11.8 Å². The number of carbonyl (C=O) groups is 2. The van der Waals surface area contributed by atoms with Gasteiger partial charge in [-0.15, -0.1) is 0 Å². The molecule has 14 heavy (non-hydrogen) atoms. The van der Waals surface area contributed by atoms with E-state index in [4.69, 9.17) is 0 Å². The summed E-state index contributed by atoms with van der Waals surface area (Å²) in [7, 11) is 0. The molecule has 5 heteroatoms. The molecule has 2 aliphatic heterocycles. The lowest BCUT2D eigenvalue weighted by molar-refractivity contribution is -0.143. The molecule has 0 saturated carbocycles. The van der Waals surface area contributed by atoms with Gasteiger partial charge in [0.15, 0.2) is 0 Å². The maximum absolute atomic E-state index is 11.6. The van der Waals surface area contributed by atoms with Gasteiger partial charge in [-0.1, -0.05) is 0 Å². The van der Waals surface area contributed by atoms with Gasteiger partial charge in [-0.2, -0.15) is 11.8 Å². The van der Waals surface area contributed by atoms with Crippen LogP contribution in [0, 0.1) is 0 Å². The third-order valence-electron chi connectivity index (χ3n) is 2.86. The molecular weight excluding hydrogens is 200 g/mol. The second-order valence-electron chi connectivity index (χ2n) is 4.23. The topological polar surface area (TPSA) is 49.4 Å². The monoisotopic (exact) mass is 214 g/mol. The highest BCUT2D eigenvalue weighted by Gasteiger charge is 2.46. The highest BCUT2D eigenvalue weighted by molar-refractivity contribution is 8.02. The molecule has 0 aromatic carbocycles. The molecule has 1 atom stereocenters. The molecule has 4 nitrogen and oxygen atoms in total. The van der Waals surface area contributed by atoms with Crippen molar-refractivity contribution in [3.8, 4) is 0 Å². The lowest BCUT2D eigenvalue weighted by atomic mass is 10.0. The third kappa shape index (κ3) is 1.49. The second-order valence-corrected chi connectivity index (χ2v) is 5.90. The lowest BCUT2D eigenvalue weighted by Gasteiger charge is -2.50. The highest BCUT2D eigenvalue weighted by atomic mass is 32.2. The number of nitrogens with zero attached hydrogens (tertiary/aromatic N) is 1. The van der Waals surface area contributed by atoms with Crippen molar-refractivity contribution in [3.05, 3.63) is 0 Å². The van der Waals surface area contributed by atoms with Gasteiger partial charge >= 0.3 is 0 Å². The van der Waals surface area contributed by atoms with Crippen LogP contribution in [0.5, 0.6) is 0 Å². The van der Waals surface area contributed by atoms with Gasteiger partial charge in [-0.25, -0.2) is 0 Å². The summed E-state index contributed by atoms with van der Waals surface area (Å²) in [5.74, 6) is 0.951. The first-order valence-electron chi connectivity index (χ1n) is 4.71. The Balaban J connectivity index is 2.09.